The molecule has 0 spiro atoms. The number of Topliss-reactive ketones (excluding diaryl/α,β-unsaturated/α-hetero) is 1. The van der Waals surface area contributed by atoms with Gasteiger partial charge in [-0.05, 0) is 30.6 Å². The van der Waals surface area contributed by atoms with Gasteiger partial charge in [0.2, 0.25) is 0 Å². The van der Waals surface area contributed by atoms with Gasteiger partial charge in [-0.15, -0.1) is 6.58 Å². The van der Waals surface area contributed by atoms with Crippen molar-refractivity contribution in [3.8, 4) is 0 Å². The molecule has 86 valence electrons. The zero-order chi connectivity index (χ0) is 11.7. The first kappa shape index (κ1) is 12.5. The van der Waals surface area contributed by atoms with Crippen LogP contribution in [0.15, 0.2) is 12.7 Å². The molecule has 1 aliphatic rings. The lowest BCUT2D eigenvalue weighted by atomic mass is 9.62. The van der Waals surface area contributed by atoms with Gasteiger partial charge in [0.15, 0.2) is 0 Å². The molecule has 0 saturated heterocycles. The van der Waals surface area contributed by atoms with Crippen LogP contribution >= 0.6 is 0 Å². The molecule has 0 heterocycles. The summed E-state index contributed by atoms with van der Waals surface area (Å²) in [5.41, 5.74) is 0.182. The van der Waals surface area contributed by atoms with Gasteiger partial charge in [0.25, 0.3) is 0 Å². The average molecular weight is 208 g/mol. The molecule has 1 heteroatoms. The largest absolute Gasteiger partial charge is 0.299 e. The molecule has 1 nitrogen and oxygen atoms in total. The average Bonchev–Trinajstić information content (AvgIpc) is 2.08. The summed E-state index contributed by atoms with van der Waals surface area (Å²) >= 11 is 0. The normalized spacial score (nSPS) is 32.8. The van der Waals surface area contributed by atoms with Crippen LogP contribution in [0.5, 0.6) is 0 Å². The topological polar surface area (TPSA) is 17.1 Å². The first-order chi connectivity index (χ1) is 6.79. The molecule has 0 unspecified atom stereocenters. The van der Waals surface area contributed by atoms with Crippen molar-refractivity contribution in [3.63, 3.8) is 0 Å². The monoisotopic (exact) mass is 208 g/mol. The van der Waals surface area contributed by atoms with Gasteiger partial charge >= 0.3 is 0 Å². The van der Waals surface area contributed by atoms with E-state index in [1.807, 2.05) is 6.08 Å². The number of carbonyl (C=O) groups is 1. The molecule has 0 bridgehead atoms. The fraction of sp³-hybridized carbons (Fsp3) is 0.786. The Bertz CT molecular complexity index is 259. The number of hydrogen-bond acceptors (Lipinski definition) is 1. The molecule has 2 atom stereocenters. The summed E-state index contributed by atoms with van der Waals surface area (Å²) in [6.45, 7) is 12.7. The SMILES string of the molecule is C=CC[C@]1(C)C[C@@H](C(C)(C)C)CCC1=O. The molecule has 1 saturated carbocycles. The number of hydrogen-bond donors (Lipinski definition) is 0. The summed E-state index contributed by atoms with van der Waals surface area (Å²) in [4.78, 5) is 11.9. The van der Waals surface area contributed by atoms with E-state index < -0.39 is 0 Å². The van der Waals surface area contributed by atoms with Crippen molar-refractivity contribution in [1.29, 1.82) is 0 Å². The molecule has 0 amide bonds. The van der Waals surface area contributed by atoms with E-state index in [0.717, 1.165) is 25.7 Å². The van der Waals surface area contributed by atoms with E-state index in [0.29, 0.717) is 17.1 Å². The van der Waals surface area contributed by atoms with Crippen LogP contribution in [-0.2, 0) is 4.79 Å². The molecule has 1 fully saturated rings. The number of rotatable bonds is 2. The second-order valence-electron chi connectivity index (χ2n) is 6.28. The number of carbonyl (C=O) groups excluding carboxylic acids is 1. The van der Waals surface area contributed by atoms with Gasteiger partial charge in [0.05, 0.1) is 0 Å². The summed E-state index contributed by atoms with van der Waals surface area (Å²) in [5.74, 6) is 1.10. The molecular weight excluding hydrogens is 184 g/mol. The van der Waals surface area contributed by atoms with Gasteiger partial charge in [0.1, 0.15) is 5.78 Å². The first-order valence-electron chi connectivity index (χ1n) is 5.94. The Morgan fingerprint density at radius 3 is 2.60 bits per heavy atom. The molecule has 15 heavy (non-hydrogen) atoms. The lowest BCUT2D eigenvalue weighted by Gasteiger charge is -2.42. The van der Waals surface area contributed by atoms with Crippen molar-refractivity contribution in [2.45, 2.75) is 53.4 Å². The van der Waals surface area contributed by atoms with Crippen LogP contribution in [0.3, 0.4) is 0 Å². The summed E-state index contributed by atoms with van der Waals surface area (Å²) in [6.07, 6.45) is 5.57. The Morgan fingerprint density at radius 2 is 2.13 bits per heavy atom. The Kier molecular flexibility index (Phi) is 3.42. The van der Waals surface area contributed by atoms with Crippen molar-refractivity contribution >= 4 is 5.78 Å². The van der Waals surface area contributed by atoms with Gasteiger partial charge in [-0.2, -0.15) is 0 Å². The van der Waals surface area contributed by atoms with Crippen LogP contribution in [0, 0.1) is 16.7 Å². The van der Waals surface area contributed by atoms with Crippen molar-refractivity contribution in [2.24, 2.45) is 16.7 Å². The maximum absolute atomic E-state index is 11.9. The Balaban J connectivity index is 2.80. The molecule has 0 aromatic heterocycles. The first-order valence-corrected chi connectivity index (χ1v) is 5.94. The van der Waals surface area contributed by atoms with E-state index >= 15 is 0 Å². The number of allylic oxidation sites excluding steroid dienone is 1. The Morgan fingerprint density at radius 1 is 1.53 bits per heavy atom. The van der Waals surface area contributed by atoms with Crippen LogP contribution in [0.2, 0.25) is 0 Å². The lowest BCUT2D eigenvalue weighted by molar-refractivity contribution is -0.133. The minimum absolute atomic E-state index is 0.141. The Hall–Kier alpha value is -0.590. The maximum Gasteiger partial charge on any atom is 0.139 e. The molecule has 0 aromatic carbocycles. The summed E-state index contributed by atoms with van der Waals surface area (Å²) in [5, 5.41) is 0. The second kappa shape index (κ2) is 4.11. The highest BCUT2D eigenvalue weighted by atomic mass is 16.1. The molecule has 1 rings (SSSR count). The van der Waals surface area contributed by atoms with Crippen LogP contribution in [0.4, 0.5) is 0 Å². The maximum atomic E-state index is 11.9. The quantitative estimate of drug-likeness (QED) is 0.627. The molecule has 1 aliphatic carbocycles. The third kappa shape index (κ3) is 2.70. The minimum atomic E-state index is -0.141. The van der Waals surface area contributed by atoms with E-state index in [4.69, 9.17) is 0 Å². The van der Waals surface area contributed by atoms with Crippen LogP contribution in [0.25, 0.3) is 0 Å². The smallest absolute Gasteiger partial charge is 0.139 e. The number of ketones is 1. The van der Waals surface area contributed by atoms with E-state index in [1.165, 1.54) is 0 Å². The summed E-state index contributed by atoms with van der Waals surface area (Å²) in [7, 11) is 0. The third-order valence-electron chi connectivity index (χ3n) is 3.91. The predicted molar refractivity (Wildman–Crippen MR) is 64.7 cm³/mol. The van der Waals surface area contributed by atoms with Crippen molar-refractivity contribution < 1.29 is 4.79 Å². The van der Waals surface area contributed by atoms with Gasteiger partial charge in [0, 0.05) is 11.8 Å². The highest BCUT2D eigenvalue weighted by molar-refractivity contribution is 5.85. The molecule has 0 radical (unpaired) electrons. The predicted octanol–water partition coefficient (Wildman–Crippen LogP) is 3.98. The van der Waals surface area contributed by atoms with Crippen LogP contribution < -0.4 is 0 Å². The van der Waals surface area contributed by atoms with Gasteiger partial charge in [-0.25, -0.2) is 0 Å². The molecule has 0 N–H and O–H groups in total. The van der Waals surface area contributed by atoms with Crippen molar-refractivity contribution in [1.82, 2.24) is 0 Å². The van der Waals surface area contributed by atoms with Gasteiger partial charge in [-0.1, -0.05) is 33.8 Å². The van der Waals surface area contributed by atoms with E-state index in [2.05, 4.69) is 34.3 Å². The van der Waals surface area contributed by atoms with Crippen LogP contribution in [0.1, 0.15) is 53.4 Å². The second-order valence-corrected chi connectivity index (χ2v) is 6.28. The van der Waals surface area contributed by atoms with Crippen LogP contribution in [-0.4, -0.2) is 5.78 Å². The van der Waals surface area contributed by atoms with Gasteiger partial charge < -0.3 is 0 Å². The standard InChI is InChI=1S/C14H24O/c1-6-9-14(5)10-11(13(2,3)4)7-8-12(14)15/h6,11H,1,7-10H2,2-5H3/t11-,14+/m0/s1. The van der Waals surface area contributed by atoms with Crippen molar-refractivity contribution in [3.05, 3.63) is 12.7 Å². The summed E-state index contributed by atoms with van der Waals surface area (Å²) < 4.78 is 0. The Labute approximate surface area is 93.9 Å². The molecular formula is C14H24O. The fourth-order valence-corrected chi connectivity index (χ4v) is 2.62. The van der Waals surface area contributed by atoms with Crippen molar-refractivity contribution in [2.75, 3.05) is 0 Å². The third-order valence-corrected chi connectivity index (χ3v) is 3.91. The highest BCUT2D eigenvalue weighted by Crippen LogP contribution is 2.45. The molecule has 0 aliphatic heterocycles. The van der Waals surface area contributed by atoms with E-state index in [-0.39, 0.29) is 5.41 Å². The fourth-order valence-electron chi connectivity index (χ4n) is 2.62. The van der Waals surface area contributed by atoms with Gasteiger partial charge in [-0.3, -0.25) is 4.79 Å². The van der Waals surface area contributed by atoms with E-state index in [1.54, 1.807) is 0 Å². The lowest BCUT2D eigenvalue weighted by Crippen LogP contribution is -2.39. The summed E-state index contributed by atoms with van der Waals surface area (Å²) in [6, 6.07) is 0. The zero-order valence-electron chi connectivity index (χ0n) is 10.6. The highest BCUT2D eigenvalue weighted by Gasteiger charge is 2.41. The molecule has 0 aromatic rings. The zero-order valence-corrected chi connectivity index (χ0v) is 10.6. The minimum Gasteiger partial charge on any atom is -0.299 e. The van der Waals surface area contributed by atoms with E-state index in [9.17, 15) is 4.79 Å².